The summed E-state index contributed by atoms with van der Waals surface area (Å²) in [6.07, 6.45) is 2.49. The van der Waals surface area contributed by atoms with Crippen LogP contribution in [0.5, 0.6) is 0 Å². The summed E-state index contributed by atoms with van der Waals surface area (Å²) in [4.78, 5) is 13.1. The molecule has 0 aliphatic heterocycles. The minimum atomic E-state index is 0.296. The van der Waals surface area contributed by atoms with Gasteiger partial charge in [0.2, 0.25) is 0 Å². The number of nitrogens with zero attached hydrogens (tertiary/aromatic N) is 3. The second-order valence-electron chi connectivity index (χ2n) is 5.50. The van der Waals surface area contributed by atoms with E-state index >= 15 is 0 Å². The molecule has 4 N–H and O–H groups in total. The topological polar surface area (TPSA) is 88.8 Å². The van der Waals surface area contributed by atoms with Gasteiger partial charge < -0.3 is 16.4 Å². The molecule has 0 bridgehead atoms. The van der Waals surface area contributed by atoms with Crippen LogP contribution in [-0.4, -0.2) is 21.0 Å². The lowest BCUT2D eigenvalue weighted by molar-refractivity contribution is 0.759. The van der Waals surface area contributed by atoms with Crippen molar-refractivity contribution in [3.8, 4) is 0 Å². The first kappa shape index (κ1) is 15.5. The van der Waals surface area contributed by atoms with E-state index in [1.165, 1.54) is 6.33 Å². The van der Waals surface area contributed by atoms with Gasteiger partial charge in [-0.1, -0.05) is 30.4 Å². The molecule has 0 aliphatic carbocycles. The summed E-state index contributed by atoms with van der Waals surface area (Å²) >= 11 is 1.58. The maximum Gasteiger partial charge on any atom is 0.189 e. The van der Waals surface area contributed by atoms with Crippen molar-refractivity contribution in [3.63, 3.8) is 0 Å². The van der Waals surface area contributed by atoms with Gasteiger partial charge in [0.15, 0.2) is 16.8 Å². The van der Waals surface area contributed by atoms with Gasteiger partial charge in [0.1, 0.15) is 12.0 Å². The molecule has 0 fully saturated rings. The van der Waals surface area contributed by atoms with Crippen LogP contribution >= 0.6 is 11.3 Å². The number of nitrogens with two attached hydrogens (primary N) is 1. The molecule has 1 unspecified atom stereocenters. The molecule has 7 heteroatoms. The number of aryl methyl sites for hydroxylation is 1. The zero-order valence-electron chi connectivity index (χ0n) is 13.4. The number of nitrogen functional groups attached to an aromatic ring is 1. The largest absolute Gasteiger partial charge is 0.393 e. The molecule has 6 nitrogen and oxygen atoms in total. The van der Waals surface area contributed by atoms with Gasteiger partial charge >= 0.3 is 0 Å². The number of hydrogen-bond donors (Lipinski definition) is 3. The van der Waals surface area contributed by atoms with E-state index in [4.69, 9.17) is 5.73 Å². The van der Waals surface area contributed by atoms with Crippen molar-refractivity contribution >= 4 is 44.0 Å². The summed E-state index contributed by atoms with van der Waals surface area (Å²) in [5, 5.41) is 7.27. The molecule has 3 aromatic rings. The lowest BCUT2D eigenvalue weighted by Gasteiger charge is -2.15. The summed E-state index contributed by atoms with van der Waals surface area (Å²) in [5.74, 6) is 1.22. The van der Waals surface area contributed by atoms with Gasteiger partial charge in [0.25, 0.3) is 0 Å². The average molecular weight is 328 g/mol. The molecule has 23 heavy (non-hydrogen) atoms. The van der Waals surface area contributed by atoms with Crippen LogP contribution in [0.1, 0.15) is 25.8 Å². The van der Waals surface area contributed by atoms with Crippen molar-refractivity contribution in [1.82, 2.24) is 15.0 Å². The highest BCUT2D eigenvalue weighted by molar-refractivity contribution is 7.22. The van der Waals surface area contributed by atoms with Crippen LogP contribution in [-0.2, 0) is 0 Å². The fourth-order valence-electron chi connectivity index (χ4n) is 2.19. The predicted molar refractivity (Wildman–Crippen MR) is 97.5 cm³/mol. The van der Waals surface area contributed by atoms with Crippen molar-refractivity contribution in [1.29, 1.82) is 0 Å². The highest BCUT2D eigenvalue weighted by Gasteiger charge is 2.12. The summed E-state index contributed by atoms with van der Waals surface area (Å²) in [6.45, 7) is 6.25. The Bertz CT molecular complexity index is 829. The van der Waals surface area contributed by atoms with Crippen LogP contribution in [0.4, 0.5) is 22.5 Å². The second kappa shape index (κ2) is 6.37. The van der Waals surface area contributed by atoms with E-state index in [2.05, 4.69) is 58.5 Å². The minimum Gasteiger partial charge on any atom is -0.393 e. The molecule has 1 aromatic carbocycles. The number of benzene rings is 1. The Hall–Kier alpha value is -2.41. The fraction of sp³-hybridized carbons (Fsp3) is 0.312. The summed E-state index contributed by atoms with van der Waals surface area (Å²) < 4.78 is 1.14. The molecular formula is C16H20N6S. The van der Waals surface area contributed by atoms with Gasteiger partial charge in [-0.3, -0.25) is 0 Å². The quantitative estimate of drug-likeness (QED) is 0.657. The number of rotatable bonds is 5. The number of hydrogen-bond acceptors (Lipinski definition) is 7. The van der Waals surface area contributed by atoms with Gasteiger partial charge in [-0.15, -0.1) is 0 Å². The Morgan fingerprint density at radius 2 is 2.04 bits per heavy atom. The first-order valence-electron chi connectivity index (χ1n) is 7.58. The highest BCUT2D eigenvalue weighted by atomic mass is 32.1. The summed E-state index contributed by atoms with van der Waals surface area (Å²) in [7, 11) is 0. The molecule has 120 valence electrons. The van der Waals surface area contributed by atoms with Gasteiger partial charge in [0, 0.05) is 6.04 Å². The lowest BCUT2D eigenvalue weighted by Crippen LogP contribution is -2.16. The summed E-state index contributed by atoms with van der Waals surface area (Å²) in [5.41, 5.74) is 8.85. The van der Waals surface area contributed by atoms with Crippen molar-refractivity contribution < 1.29 is 0 Å². The number of para-hydroxylation sites is 1. The number of fused-ring (bicyclic) bond motifs is 1. The zero-order valence-corrected chi connectivity index (χ0v) is 14.2. The number of anilines is 4. The van der Waals surface area contributed by atoms with E-state index in [1.54, 1.807) is 11.3 Å². The van der Waals surface area contributed by atoms with Crippen molar-refractivity contribution in [2.45, 2.75) is 33.2 Å². The second-order valence-corrected chi connectivity index (χ2v) is 6.53. The molecule has 3 rings (SSSR count). The normalized spacial score (nSPS) is 12.3. The maximum absolute atomic E-state index is 6.19. The first-order valence-corrected chi connectivity index (χ1v) is 8.40. The van der Waals surface area contributed by atoms with Crippen LogP contribution < -0.4 is 16.4 Å². The van der Waals surface area contributed by atoms with Crippen LogP contribution in [0.3, 0.4) is 0 Å². The van der Waals surface area contributed by atoms with E-state index in [1.807, 2.05) is 6.07 Å². The van der Waals surface area contributed by atoms with Gasteiger partial charge in [0.05, 0.1) is 10.2 Å². The number of aromatic nitrogens is 3. The monoisotopic (exact) mass is 328 g/mol. The fourth-order valence-corrected chi connectivity index (χ4v) is 3.13. The third-order valence-corrected chi connectivity index (χ3v) is 4.66. The first-order chi connectivity index (χ1) is 11.1. The number of nitrogens with one attached hydrogen (secondary N) is 2. The molecule has 0 spiro atoms. The average Bonchev–Trinajstić information content (AvgIpc) is 2.95. The third kappa shape index (κ3) is 3.19. The van der Waals surface area contributed by atoms with E-state index in [0.29, 0.717) is 23.4 Å². The third-order valence-electron chi connectivity index (χ3n) is 3.73. The van der Waals surface area contributed by atoms with E-state index in [0.717, 1.165) is 27.3 Å². The maximum atomic E-state index is 6.19. The molecule has 0 saturated heterocycles. The molecule has 0 aliphatic rings. The van der Waals surface area contributed by atoms with Gasteiger partial charge in [-0.25, -0.2) is 15.0 Å². The van der Waals surface area contributed by atoms with Crippen LogP contribution in [0.2, 0.25) is 0 Å². The Balaban J connectivity index is 1.89. The van der Waals surface area contributed by atoms with Gasteiger partial charge in [-0.2, -0.15) is 0 Å². The van der Waals surface area contributed by atoms with Crippen molar-refractivity contribution in [2.24, 2.45) is 0 Å². The van der Waals surface area contributed by atoms with Gasteiger partial charge in [-0.05, 0) is 31.9 Å². The van der Waals surface area contributed by atoms with Crippen LogP contribution in [0.15, 0.2) is 24.5 Å². The lowest BCUT2D eigenvalue weighted by atomic mass is 10.2. The standard InChI is InChI=1S/C16H20N6S/c1-4-10(3)20-14-12(17)15(19-8-18-14)22-16-21-13-9(2)6-5-7-11(13)23-16/h5-8,10H,4,17H2,1-3H3,(H2,18,19,20,21,22). The molecular weight excluding hydrogens is 308 g/mol. The Morgan fingerprint density at radius 1 is 1.26 bits per heavy atom. The van der Waals surface area contributed by atoms with E-state index < -0.39 is 0 Å². The molecule has 1 atom stereocenters. The highest BCUT2D eigenvalue weighted by Crippen LogP contribution is 2.32. The zero-order chi connectivity index (χ0) is 16.4. The molecule has 0 saturated carbocycles. The Morgan fingerprint density at radius 3 is 2.78 bits per heavy atom. The molecule has 2 heterocycles. The van der Waals surface area contributed by atoms with Crippen LogP contribution in [0.25, 0.3) is 10.2 Å². The minimum absolute atomic E-state index is 0.296. The van der Waals surface area contributed by atoms with E-state index in [-0.39, 0.29) is 0 Å². The Labute approximate surface area is 139 Å². The predicted octanol–water partition coefficient (Wildman–Crippen LogP) is 3.93. The summed E-state index contributed by atoms with van der Waals surface area (Å²) in [6, 6.07) is 6.45. The van der Waals surface area contributed by atoms with Crippen LogP contribution in [0, 0.1) is 6.92 Å². The number of thiazole rings is 1. The van der Waals surface area contributed by atoms with Crippen molar-refractivity contribution in [2.75, 3.05) is 16.4 Å². The van der Waals surface area contributed by atoms with Crippen molar-refractivity contribution in [3.05, 3.63) is 30.1 Å². The molecule has 2 aromatic heterocycles. The van der Waals surface area contributed by atoms with E-state index in [9.17, 15) is 0 Å². The molecule has 0 amide bonds. The SMILES string of the molecule is CCC(C)Nc1ncnc(Nc2nc3c(C)cccc3s2)c1N. The smallest absolute Gasteiger partial charge is 0.189 e. The molecule has 0 radical (unpaired) electrons. The Kier molecular flexibility index (Phi) is 4.29.